The molecule has 0 spiro atoms. The van der Waals surface area contributed by atoms with Crippen LogP contribution >= 0.6 is 11.6 Å². The van der Waals surface area contributed by atoms with Crippen molar-refractivity contribution in [1.82, 2.24) is 25.2 Å². The number of hydrogen-bond acceptors (Lipinski definition) is 8. The van der Waals surface area contributed by atoms with Crippen LogP contribution in [0.1, 0.15) is 11.1 Å². The van der Waals surface area contributed by atoms with Gasteiger partial charge in [-0.1, -0.05) is 30.0 Å². The van der Waals surface area contributed by atoms with Gasteiger partial charge in [0.05, 0.1) is 13.1 Å². The van der Waals surface area contributed by atoms with E-state index in [2.05, 4.69) is 32.1 Å². The number of pyridine rings is 3. The van der Waals surface area contributed by atoms with Crippen LogP contribution in [0.15, 0.2) is 79.3 Å². The quantitative estimate of drug-likeness (QED) is 0.115. The van der Waals surface area contributed by atoms with Gasteiger partial charge in [0.1, 0.15) is 16.6 Å². The molecule has 252 valence electrons. The number of rotatable bonds is 5. The van der Waals surface area contributed by atoms with Gasteiger partial charge in [0, 0.05) is 47.2 Å². The molecule has 3 aromatic heterocycles. The SMILES string of the molecule is C#CCN(C)Cc1cc(F)c(O)c2ncccc12.C#CCNC.Oc1c(F)cc(CCl)c2cccnc12.Oc1c(F)ccc2cccnc12. The Balaban J connectivity index is 0.000000189. The number of halogens is 4. The van der Waals surface area contributed by atoms with Crippen molar-refractivity contribution < 1.29 is 28.5 Å². The molecule has 3 heterocycles. The lowest BCUT2D eigenvalue weighted by Crippen LogP contribution is -2.18. The molecule has 0 amide bonds. The molecule has 0 aliphatic heterocycles. The second-order valence-electron chi connectivity index (χ2n) is 10.2. The lowest BCUT2D eigenvalue weighted by atomic mass is 10.1. The minimum absolute atomic E-state index is 0.194. The van der Waals surface area contributed by atoms with E-state index in [4.69, 9.17) is 24.4 Å². The molecule has 0 radical (unpaired) electrons. The molecule has 0 unspecified atom stereocenters. The van der Waals surface area contributed by atoms with Gasteiger partial charge in [0.25, 0.3) is 0 Å². The van der Waals surface area contributed by atoms with Crippen LogP contribution in [0.5, 0.6) is 17.2 Å². The Kier molecular flexibility index (Phi) is 14.4. The summed E-state index contributed by atoms with van der Waals surface area (Å²) in [7, 11) is 3.67. The van der Waals surface area contributed by atoms with Crippen molar-refractivity contribution in [3.8, 4) is 41.9 Å². The lowest BCUT2D eigenvalue weighted by molar-refractivity contribution is 0.369. The third kappa shape index (κ3) is 9.95. The monoisotopic (exact) mass is 687 g/mol. The molecule has 0 saturated carbocycles. The van der Waals surface area contributed by atoms with Gasteiger partial charge in [0.2, 0.25) is 0 Å². The fraction of sp³-hybridized carbons (Fsp3) is 0.162. The molecule has 12 heteroatoms. The Hall–Kier alpha value is -5.59. The fourth-order valence-corrected chi connectivity index (χ4v) is 4.70. The number of terminal acetylenes is 2. The van der Waals surface area contributed by atoms with Crippen LogP contribution in [0.4, 0.5) is 13.2 Å². The minimum atomic E-state index is -0.688. The maximum Gasteiger partial charge on any atom is 0.178 e. The number of hydrogen-bond donors (Lipinski definition) is 4. The highest BCUT2D eigenvalue weighted by Crippen LogP contribution is 2.30. The first kappa shape index (κ1) is 37.9. The van der Waals surface area contributed by atoms with E-state index >= 15 is 0 Å². The number of fused-ring (bicyclic) bond motifs is 3. The zero-order valence-electron chi connectivity index (χ0n) is 26.6. The first-order chi connectivity index (χ1) is 23.6. The highest BCUT2D eigenvalue weighted by Gasteiger charge is 2.13. The van der Waals surface area contributed by atoms with Crippen LogP contribution in [0.25, 0.3) is 32.7 Å². The number of benzene rings is 3. The fourth-order valence-electron chi connectivity index (χ4n) is 4.48. The first-order valence-electron chi connectivity index (χ1n) is 14.6. The van der Waals surface area contributed by atoms with Gasteiger partial charge in [-0.05, 0) is 67.7 Å². The highest BCUT2D eigenvalue weighted by molar-refractivity contribution is 6.18. The molecule has 0 saturated heterocycles. The maximum absolute atomic E-state index is 13.6. The first-order valence-corrected chi connectivity index (χ1v) is 15.1. The molecule has 4 N–H and O–H groups in total. The number of nitrogens with one attached hydrogen (secondary N) is 1. The number of phenols is 3. The van der Waals surface area contributed by atoms with Crippen molar-refractivity contribution in [1.29, 1.82) is 0 Å². The summed E-state index contributed by atoms with van der Waals surface area (Å²) >= 11 is 5.65. The molecular formula is C37H33ClF3N5O3. The maximum atomic E-state index is 13.6. The summed E-state index contributed by atoms with van der Waals surface area (Å²) in [6, 6.07) is 15.9. The van der Waals surface area contributed by atoms with E-state index in [1.165, 1.54) is 36.8 Å². The predicted octanol–water partition coefficient (Wildman–Crippen LogP) is 6.88. The zero-order valence-corrected chi connectivity index (χ0v) is 27.4. The standard InChI is InChI=1S/C14H13FN2O.C10H7ClFNO.C9H6FNO.C4H7N/c1-3-7-17(2)9-10-8-12(15)14(18)13-11(10)5-4-6-16-13;11-5-6-4-8(12)10(14)9-7(6)2-1-3-13-9;10-7-4-3-6-2-1-5-11-8(6)9(7)12;1-3-4-5-2/h1,4-6,8,18H,7,9H2,2H3;1-4,14H,5H2;1-5,12H;1,5H,4H2,2H3. The molecule has 6 rings (SSSR count). The molecule has 49 heavy (non-hydrogen) atoms. The normalized spacial score (nSPS) is 10.2. The number of aromatic nitrogens is 3. The van der Waals surface area contributed by atoms with E-state index in [0.29, 0.717) is 36.1 Å². The van der Waals surface area contributed by atoms with Crippen LogP contribution in [-0.2, 0) is 12.4 Å². The van der Waals surface area contributed by atoms with E-state index < -0.39 is 29.0 Å². The Bertz CT molecular complexity index is 2120. The summed E-state index contributed by atoms with van der Waals surface area (Å²) in [6.45, 7) is 1.65. The Morgan fingerprint density at radius 3 is 1.76 bits per heavy atom. The average molecular weight is 688 g/mol. The van der Waals surface area contributed by atoms with Crippen molar-refractivity contribution in [3.05, 3.63) is 108 Å². The summed E-state index contributed by atoms with van der Waals surface area (Å²) in [5.41, 5.74) is 2.22. The number of alkyl halides is 1. The number of aromatic hydroxyl groups is 3. The lowest BCUT2D eigenvalue weighted by Gasteiger charge is -2.15. The van der Waals surface area contributed by atoms with Gasteiger partial charge in [0.15, 0.2) is 34.7 Å². The van der Waals surface area contributed by atoms with Crippen molar-refractivity contribution in [2.45, 2.75) is 12.4 Å². The third-order valence-corrected chi connectivity index (χ3v) is 7.02. The van der Waals surface area contributed by atoms with Crippen molar-refractivity contribution >= 4 is 44.3 Å². The highest BCUT2D eigenvalue weighted by atomic mass is 35.5. The predicted molar refractivity (Wildman–Crippen MR) is 188 cm³/mol. The van der Waals surface area contributed by atoms with Gasteiger partial charge < -0.3 is 20.6 Å². The van der Waals surface area contributed by atoms with Crippen LogP contribution in [-0.4, -0.2) is 62.4 Å². The molecular weight excluding hydrogens is 655 g/mol. The molecule has 0 bridgehead atoms. The summed E-state index contributed by atoms with van der Waals surface area (Å²) in [5.74, 6) is 1.93. The van der Waals surface area contributed by atoms with Gasteiger partial charge in [-0.25, -0.2) is 13.2 Å². The summed E-state index contributed by atoms with van der Waals surface area (Å²) in [4.78, 5) is 13.6. The summed E-state index contributed by atoms with van der Waals surface area (Å²) in [6.07, 6.45) is 14.6. The van der Waals surface area contributed by atoms with Gasteiger partial charge >= 0.3 is 0 Å². The number of phenolic OH excluding ortho intramolecular Hbond substituents is 3. The van der Waals surface area contributed by atoms with E-state index in [1.54, 1.807) is 42.5 Å². The van der Waals surface area contributed by atoms with E-state index in [0.717, 1.165) is 16.3 Å². The second-order valence-corrected chi connectivity index (χ2v) is 10.5. The van der Waals surface area contributed by atoms with E-state index in [9.17, 15) is 28.5 Å². The second kappa shape index (κ2) is 18.7. The largest absolute Gasteiger partial charge is 0.503 e. The van der Waals surface area contributed by atoms with Gasteiger partial charge in [-0.3, -0.25) is 19.9 Å². The van der Waals surface area contributed by atoms with Crippen molar-refractivity contribution in [2.75, 3.05) is 27.2 Å². The van der Waals surface area contributed by atoms with Crippen LogP contribution in [0, 0.1) is 42.1 Å². The molecule has 8 nitrogen and oxygen atoms in total. The van der Waals surface area contributed by atoms with Crippen molar-refractivity contribution in [2.24, 2.45) is 0 Å². The molecule has 0 aliphatic rings. The topological polar surface area (TPSA) is 115 Å². The summed E-state index contributed by atoms with van der Waals surface area (Å²) < 4.78 is 39.5. The third-order valence-electron chi connectivity index (χ3n) is 6.73. The van der Waals surface area contributed by atoms with E-state index in [1.807, 2.05) is 19.0 Å². The smallest absolute Gasteiger partial charge is 0.178 e. The van der Waals surface area contributed by atoms with Crippen LogP contribution in [0.2, 0.25) is 0 Å². The zero-order chi connectivity index (χ0) is 35.9. The van der Waals surface area contributed by atoms with Gasteiger partial charge in [-0.2, -0.15) is 0 Å². The van der Waals surface area contributed by atoms with Crippen molar-refractivity contribution in [3.63, 3.8) is 0 Å². The summed E-state index contributed by atoms with van der Waals surface area (Å²) in [5, 5.41) is 33.2. The molecule has 6 aromatic rings. The minimum Gasteiger partial charge on any atom is -0.503 e. The molecule has 0 atom stereocenters. The Labute approximate surface area is 286 Å². The average Bonchev–Trinajstić information content (AvgIpc) is 3.12. The van der Waals surface area contributed by atoms with Crippen LogP contribution in [0.3, 0.4) is 0 Å². The van der Waals surface area contributed by atoms with Gasteiger partial charge in [-0.15, -0.1) is 24.4 Å². The Morgan fingerprint density at radius 2 is 1.24 bits per heavy atom. The molecule has 0 fully saturated rings. The van der Waals surface area contributed by atoms with E-state index in [-0.39, 0.29) is 22.7 Å². The molecule has 3 aromatic carbocycles. The number of nitrogens with zero attached hydrogens (tertiary/aromatic N) is 4. The molecule has 0 aliphatic carbocycles. The Morgan fingerprint density at radius 1 is 0.735 bits per heavy atom. The van der Waals surface area contributed by atoms with Crippen LogP contribution < -0.4 is 5.32 Å².